The van der Waals surface area contributed by atoms with Crippen molar-refractivity contribution < 1.29 is 9.59 Å². The number of aromatic amines is 2. The molecule has 0 saturated carbocycles. The first kappa shape index (κ1) is 28.4. The topological polar surface area (TPSA) is 84.2 Å². The second-order valence-corrected chi connectivity index (χ2v) is 12.5. The molecule has 1 unspecified atom stereocenters. The molecule has 0 radical (unpaired) electrons. The minimum Gasteiger partial charge on any atom is -0.361 e. The van der Waals surface area contributed by atoms with Gasteiger partial charge in [-0.3, -0.25) is 9.59 Å². The fraction of sp³-hybridized carbons (Fsp3) is 0.351. The molecule has 2 aromatic heterocycles. The summed E-state index contributed by atoms with van der Waals surface area (Å²) < 4.78 is 0. The van der Waals surface area contributed by atoms with Crippen molar-refractivity contribution in [3.8, 4) is 0 Å². The number of aromatic nitrogens is 2. The Hall–Kier alpha value is -4.36. The molecule has 226 valence electrons. The Morgan fingerprint density at radius 3 is 2.07 bits per heavy atom. The van der Waals surface area contributed by atoms with E-state index in [-0.39, 0.29) is 11.8 Å². The Morgan fingerprint density at radius 1 is 0.705 bits per heavy atom. The van der Waals surface area contributed by atoms with Gasteiger partial charge in [-0.2, -0.15) is 0 Å². The summed E-state index contributed by atoms with van der Waals surface area (Å²) in [5, 5.41) is 5.47. The van der Waals surface area contributed by atoms with E-state index in [1.807, 2.05) is 47.6 Å². The van der Waals surface area contributed by atoms with Crippen LogP contribution in [-0.4, -0.2) is 69.3 Å². The van der Waals surface area contributed by atoms with Crippen LogP contribution in [0.1, 0.15) is 42.4 Å². The zero-order valence-electron chi connectivity index (χ0n) is 25.2. The second kappa shape index (κ2) is 12.3. The van der Waals surface area contributed by atoms with E-state index < -0.39 is 11.6 Å². The zero-order chi connectivity index (χ0) is 29.9. The maximum atomic E-state index is 14.3. The number of fused-ring (bicyclic) bond motifs is 2. The SMILES string of the molecule is O=C1C(Cc2c[nH]c3ccccc23)NC(=O)C2(CCN(CCCCc3ccccc3)CC2)N1CCc1c[nH]c2ccccc12. The van der Waals surface area contributed by atoms with Crippen molar-refractivity contribution in [2.75, 3.05) is 26.2 Å². The van der Waals surface area contributed by atoms with Crippen LogP contribution in [-0.2, 0) is 28.9 Å². The molecule has 1 atom stereocenters. The molecular formula is C37H41N5O2. The molecule has 3 aromatic carbocycles. The van der Waals surface area contributed by atoms with Gasteiger partial charge in [-0.1, -0.05) is 66.7 Å². The van der Waals surface area contributed by atoms with Crippen molar-refractivity contribution >= 4 is 33.6 Å². The second-order valence-electron chi connectivity index (χ2n) is 12.5. The molecule has 7 heteroatoms. The summed E-state index contributed by atoms with van der Waals surface area (Å²) in [6.07, 6.45) is 9.90. The summed E-state index contributed by atoms with van der Waals surface area (Å²) in [7, 11) is 0. The highest BCUT2D eigenvalue weighted by Crippen LogP contribution is 2.35. The lowest BCUT2D eigenvalue weighted by molar-refractivity contribution is -0.161. The summed E-state index contributed by atoms with van der Waals surface area (Å²) in [6.45, 7) is 3.19. The van der Waals surface area contributed by atoms with Gasteiger partial charge in [0.1, 0.15) is 11.6 Å². The lowest BCUT2D eigenvalue weighted by Gasteiger charge is -2.51. The fourth-order valence-electron chi connectivity index (χ4n) is 7.38. The third-order valence-corrected chi connectivity index (χ3v) is 9.90. The van der Waals surface area contributed by atoms with Gasteiger partial charge in [-0.15, -0.1) is 0 Å². The van der Waals surface area contributed by atoms with E-state index in [9.17, 15) is 9.59 Å². The third kappa shape index (κ3) is 5.52. The predicted molar refractivity (Wildman–Crippen MR) is 175 cm³/mol. The van der Waals surface area contributed by atoms with Crippen LogP contribution in [0.3, 0.4) is 0 Å². The molecule has 0 aliphatic carbocycles. The molecule has 7 rings (SSSR count). The molecule has 2 fully saturated rings. The van der Waals surface area contributed by atoms with Gasteiger partial charge in [-0.25, -0.2) is 0 Å². The smallest absolute Gasteiger partial charge is 0.246 e. The highest BCUT2D eigenvalue weighted by Gasteiger charge is 2.53. The van der Waals surface area contributed by atoms with E-state index in [1.165, 1.54) is 16.5 Å². The van der Waals surface area contributed by atoms with E-state index in [0.717, 1.165) is 60.9 Å². The molecule has 2 aliphatic rings. The molecule has 2 amide bonds. The Bertz CT molecular complexity index is 1750. The zero-order valence-corrected chi connectivity index (χ0v) is 25.2. The van der Waals surface area contributed by atoms with Crippen LogP contribution in [0.25, 0.3) is 21.8 Å². The number of hydrogen-bond acceptors (Lipinski definition) is 3. The van der Waals surface area contributed by atoms with E-state index in [1.54, 1.807) is 0 Å². The molecule has 44 heavy (non-hydrogen) atoms. The number of benzene rings is 3. The van der Waals surface area contributed by atoms with Gasteiger partial charge < -0.3 is 25.1 Å². The van der Waals surface area contributed by atoms with E-state index in [4.69, 9.17) is 0 Å². The minimum absolute atomic E-state index is 0.00426. The molecule has 5 aromatic rings. The molecule has 4 heterocycles. The van der Waals surface area contributed by atoms with Gasteiger partial charge in [0.05, 0.1) is 0 Å². The summed E-state index contributed by atoms with van der Waals surface area (Å²) in [4.78, 5) is 39.6. The first-order valence-corrected chi connectivity index (χ1v) is 16.1. The lowest BCUT2D eigenvalue weighted by Crippen LogP contribution is -2.73. The van der Waals surface area contributed by atoms with Gasteiger partial charge in [0.2, 0.25) is 11.8 Å². The van der Waals surface area contributed by atoms with Crippen LogP contribution in [0.5, 0.6) is 0 Å². The number of unbranched alkanes of at least 4 members (excludes halogenated alkanes) is 1. The summed E-state index contributed by atoms with van der Waals surface area (Å²) in [5.41, 5.74) is 4.95. The number of amides is 2. The number of para-hydroxylation sites is 2. The highest BCUT2D eigenvalue weighted by molar-refractivity contribution is 6.00. The summed E-state index contributed by atoms with van der Waals surface area (Å²) >= 11 is 0. The average Bonchev–Trinajstić information content (AvgIpc) is 3.67. The normalized spacial score (nSPS) is 18.8. The monoisotopic (exact) mass is 587 g/mol. The van der Waals surface area contributed by atoms with Crippen molar-refractivity contribution in [2.45, 2.75) is 56.5 Å². The van der Waals surface area contributed by atoms with Crippen LogP contribution in [0.4, 0.5) is 0 Å². The number of aryl methyl sites for hydroxylation is 1. The molecule has 2 saturated heterocycles. The standard InChI is InChI=1S/C37H41N5O2/c43-35-34(24-29-26-39-33-16-7-5-14-31(29)33)40-36(44)37(42(35)21-17-28-25-38-32-15-6-4-13-30(28)32)18-22-41(23-19-37)20-9-8-12-27-10-2-1-3-11-27/h1-7,10-11,13-16,25-26,34,38-39H,8-9,12,17-24H2,(H,40,44). The van der Waals surface area contributed by atoms with E-state index >= 15 is 0 Å². The molecule has 0 bridgehead atoms. The number of rotatable bonds is 10. The number of piperazine rings is 1. The fourth-order valence-corrected chi connectivity index (χ4v) is 7.38. The van der Waals surface area contributed by atoms with Gasteiger partial charge >= 0.3 is 0 Å². The number of hydrogen-bond donors (Lipinski definition) is 3. The maximum absolute atomic E-state index is 14.3. The van der Waals surface area contributed by atoms with E-state index in [0.29, 0.717) is 32.2 Å². The maximum Gasteiger partial charge on any atom is 0.246 e. The summed E-state index contributed by atoms with van der Waals surface area (Å²) in [6, 6.07) is 26.5. The van der Waals surface area contributed by atoms with Crippen LogP contribution in [0.15, 0.2) is 91.3 Å². The van der Waals surface area contributed by atoms with Gasteiger partial charge in [-0.05, 0) is 73.9 Å². The Kier molecular flexibility index (Phi) is 7.96. The number of carbonyl (C=O) groups excluding carboxylic acids is 2. The minimum atomic E-state index is -0.805. The Balaban J connectivity index is 1.07. The van der Waals surface area contributed by atoms with Crippen LogP contribution in [0.2, 0.25) is 0 Å². The first-order chi connectivity index (χ1) is 21.6. The van der Waals surface area contributed by atoms with Crippen molar-refractivity contribution in [2.24, 2.45) is 0 Å². The Labute approximate surface area is 258 Å². The van der Waals surface area contributed by atoms with Gasteiger partial charge in [0, 0.05) is 60.3 Å². The van der Waals surface area contributed by atoms with Gasteiger partial charge in [0.25, 0.3) is 0 Å². The third-order valence-electron chi connectivity index (χ3n) is 9.90. The number of carbonyl (C=O) groups is 2. The number of piperidine rings is 1. The number of nitrogens with one attached hydrogen (secondary N) is 3. The number of nitrogens with zero attached hydrogens (tertiary/aromatic N) is 2. The van der Waals surface area contributed by atoms with Crippen LogP contribution < -0.4 is 5.32 Å². The van der Waals surface area contributed by atoms with Crippen LogP contribution in [0, 0.1) is 0 Å². The first-order valence-electron chi connectivity index (χ1n) is 16.1. The van der Waals surface area contributed by atoms with Crippen molar-refractivity contribution in [1.29, 1.82) is 0 Å². The van der Waals surface area contributed by atoms with Crippen molar-refractivity contribution in [3.05, 3.63) is 108 Å². The van der Waals surface area contributed by atoms with Crippen molar-refractivity contribution in [1.82, 2.24) is 25.1 Å². The average molecular weight is 588 g/mol. The van der Waals surface area contributed by atoms with Crippen LogP contribution >= 0.6 is 0 Å². The summed E-state index contributed by atoms with van der Waals surface area (Å²) in [5.74, 6) is 0.0376. The largest absolute Gasteiger partial charge is 0.361 e. The van der Waals surface area contributed by atoms with E-state index in [2.05, 4.69) is 68.7 Å². The quantitative estimate of drug-likeness (QED) is 0.186. The predicted octanol–water partition coefficient (Wildman–Crippen LogP) is 5.62. The van der Waals surface area contributed by atoms with Gasteiger partial charge in [0.15, 0.2) is 0 Å². The van der Waals surface area contributed by atoms with Crippen molar-refractivity contribution in [3.63, 3.8) is 0 Å². The molecule has 3 N–H and O–H groups in total. The molecule has 7 nitrogen and oxygen atoms in total. The highest BCUT2D eigenvalue weighted by atomic mass is 16.2. The Morgan fingerprint density at radius 2 is 1.34 bits per heavy atom. The number of likely N-dealkylation sites (tertiary alicyclic amines) is 1. The molecule has 2 aliphatic heterocycles. The molecular weight excluding hydrogens is 546 g/mol. The number of H-pyrrole nitrogens is 2. The lowest BCUT2D eigenvalue weighted by atomic mass is 9.80. The molecule has 1 spiro atoms.